The normalized spacial score (nSPS) is 11.8. The number of urea groups is 1. The van der Waals surface area contributed by atoms with E-state index in [1.54, 1.807) is 18.7 Å². The van der Waals surface area contributed by atoms with Crippen LogP contribution in [0.15, 0.2) is 30.3 Å². The Kier molecular flexibility index (Phi) is 5.89. The number of carboxylic acids is 1. The molecule has 0 saturated heterocycles. The number of aromatic nitrogens is 3. The molecule has 0 aliphatic heterocycles. The van der Waals surface area contributed by atoms with E-state index in [2.05, 4.69) is 20.7 Å². The van der Waals surface area contributed by atoms with Crippen LogP contribution in [0.1, 0.15) is 24.2 Å². The molecule has 1 heterocycles. The van der Waals surface area contributed by atoms with Crippen LogP contribution in [0.2, 0.25) is 0 Å². The summed E-state index contributed by atoms with van der Waals surface area (Å²) in [5.41, 5.74) is 1.03. The van der Waals surface area contributed by atoms with Gasteiger partial charge in [0.25, 0.3) is 0 Å². The van der Waals surface area contributed by atoms with Gasteiger partial charge in [-0.2, -0.15) is 4.98 Å². The molecule has 1 unspecified atom stereocenters. The first-order valence-electron chi connectivity index (χ1n) is 7.65. The maximum absolute atomic E-state index is 12.1. The summed E-state index contributed by atoms with van der Waals surface area (Å²) in [7, 11) is 1.73. The molecule has 1 atom stereocenters. The molecule has 8 nitrogen and oxygen atoms in total. The summed E-state index contributed by atoms with van der Waals surface area (Å²) in [5.74, 6) is -0.00139. The molecule has 128 valence electrons. The molecule has 2 amide bonds. The third kappa shape index (κ3) is 5.38. The Balaban J connectivity index is 1.97. The summed E-state index contributed by atoms with van der Waals surface area (Å²) in [5, 5.41) is 18.3. The second-order valence-corrected chi connectivity index (χ2v) is 5.52. The number of nitrogens with zero attached hydrogens (tertiary/aromatic N) is 3. The first-order valence-corrected chi connectivity index (χ1v) is 7.65. The number of hydrogen-bond donors (Lipinski definition) is 3. The third-order valence-electron chi connectivity index (χ3n) is 3.57. The summed E-state index contributed by atoms with van der Waals surface area (Å²) in [6.45, 7) is 1.78. The van der Waals surface area contributed by atoms with Crippen LogP contribution in [-0.2, 0) is 18.3 Å². The second kappa shape index (κ2) is 8.09. The van der Waals surface area contributed by atoms with Gasteiger partial charge in [0, 0.05) is 19.5 Å². The lowest BCUT2D eigenvalue weighted by Gasteiger charge is -2.18. The van der Waals surface area contributed by atoms with Gasteiger partial charge in [0.2, 0.25) is 5.95 Å². The van der Waals surface area contributed by atoms with Crippen molar-refractivity contribution >= 4 is 17.9 Å². The van der Waals surface area contributed by atoms with Gasteiger partial charge in [-0.25, -0.2) is 4.79 Å². The number of amides is 2. The van der Waals surface area contributed by atoms with Crippen LogP contribution in [0.5, 0.6) is 0 Å². The Morgan fingerprint density at radius 1 is 1.29 bits per heavy atom. The second-order valence-electron chi connectivity index (χ2n) is 5.52. The lowest BCUT2D eigenvalue weighted by molar-refractivity contribution is -0.137. The number of hydrogen-bond acceptors (Lipinski definition) is 4. The van der Waals surface area contributed by atoms with Crippen LogP contribution in [0, 0.1) is 6.92 Å². The molecule has 0 radical (unpaired) electrons. The van der Waals surface area contributed by atoms with Gasteiger partial charge in [-0.1, -0.05) is 30.3 Å². The first kappa shape index (κ1) is 17.5. The molecule has 0 bridgehead atoms. The van der Waals surface area contributed by atoms with E-state index in [-0.39, 0.29) is 18.4 Å². The quantitative estimate of drug-likeness (QED) is 0.716. The van der Waals surface area contributed by atoms with Crippen molar-refractivity contribution < 1.29 is 14.7 Å². The van der Waals surface area contributed by atoms with Gasteiger partial charge in [0.15, 0.2) is 0 Å². The van der Waals surface area contributed by atoms with Crippen molar-refractivity contribution in [3.8, 4) is 0 Å². The van der Waals surface area contributed by atoms with Gasteiger partial charge in [0.05, 0.1) is 0 Å². The van der Waals surface area contributed by atoms with Crippen molar-refractivity contribution in [1.29, 1.82) is 0 Å². The van der Waals surface area contributed by atoms with Gasteiger partial charge < -0.3 is 10.4 Å². The van der Waals surface area contributed by atoms with E-state index in [1.807, 2.05) is 30.3 Å². The minimum absolute atomic E-state index is 0.0152. The van der Waals surface area contributed by atoms with E-state index in [0.717, 1.165) is 5.56 Å². The predicted octanol–water partition coefficient (Wildman–Crippen LogP) is 1.72. The van der Waals surface area contributed by atoms with Gasteiger partial charge in [0.1, 0.15) is 5.82 Å². The smallest absolute Gasteiger partial charge is 0.321 e. The lowest BCUT2D eigenvalue weighted by atomic mass is 10.0. The van der Waals surface area contributed by atoms with Crippen LogP contribution in [0.4, 0.5) is 10.7 Å². The molecule has 0 aliphatic carbocycles. The maximum atomic E-state index is 12.1. The zero-order chi connectivity index (χ0) is 17.5. The van der Waals surface area contributed by atoms with E-state index < -0.39 is 12.0 Å². The van der Waals surface area contributed by atoms with E-state index >= 15 is 0 Å². The SMILES string of the molecule is Cc1nc(NC(=O)NC(CCC(=O)O)Cc2ccccc2)nn1C. The number of carbonyl (C=O) groups excluding carboxylic acids is 1. The number of carboxylic acid groups (broad SMARTS) is 1. The molecule has 0 fully saturated rings. The highest BCUT2D eigenvalue weighted by molar-refractivity contribution is 5.87. The molecule has 2 aromatic rings. The molecular weight excluding hydrogens is 310 g/mol. The summed E-state index contributed by atoms with van der Waals surface area (Å²) in [4.78, 5) is 27.0. The fourth-order valence-electron chi connectivity index (χ4n) is 2.26. The molecule has 0 aliphatic rings. The average Bonchev–Trinajstić information content (AvgIpc) is 2.83. The van der Waals surface area contributed by atoms with Crippen molar-refractivity contribution in [2.45, 2.75) is 32.2 Å². The van der Waals surface area contributed by atoms with Crippen LogP contribution in [0.25, 0.3) is 0 Å². The molecular formula is C16H21N5O3. The van der Waals surface area contributed by atoms with Crippen molar-refractivity contribution in [2.75, 3.05) is 5.32 Å². The first-order chi connectivity index (χ1) is 11.4. The molecule has 1 aromatic heterocycles. The number of aryl methyl sites for hydroxylation is 2. The zero-order valence-electron chi connectivity index (χ0n) is 13.7. The van der Waals surface area contributed by atoms with Gasteiger partial charge >= 0.3 is 12.0 Å². The summed E-state index contributed by atoms with van der Waals surface area (Å²) in [6.07, 6.45) is 0.876. The lowest BCUT2D eigenvalue weighted by Crippen LogP contribution is -2.39. The average molecular weight is 331 g/mol. The minimum Gasteiger partial charge on any atom is -0.481 e. The number of anilines is 1. The number of benzene rings is 1. The van der Waals surface area contributed by atoms with E-state index in [1.165, 1.54) is 0 Å². The summed E-state index contributed by atoms with van der Waals surface area (Å²) >= 11 is 0. The van der Waals surface area contributed by atoms with Crippen molar-refractivity contribution in [3.63, 3.8) is 0 Å². The Bertz CT molecular complexity index is 679. The maximum Gasteiger partial charge on any atom is 0.321 e. The molecule has 0 saturated carbocycles. The third-order valence-corrected chi connectivity index (χ3v) is 3.57. The predicted molar refractivity (Wildman–Crippen MR) is 88.7 cm³/mol. The Labute approximate surface area is 139 Å². The number of aliphatic carboxylic acids is 1. The van der Waals surface area contributed by atoms with E-state index in [0.29, 0.717) is 18.7 Å². The van der Waals surface area contributed by atoms with Crippen molar-refractivity contribution in [2.24, 2.45) is 7.05 Å². The highest BCUT2D eigenvalue weighted by Crippen LogP contribution is 2.09. The zero-order valence-corrected chi connectivity index (χ0v) is 13.7. The van der Waals surface area contributed by atoms with E-state index in [4.69, 9.17) is 5.11 Å². The minimum atomic E-state index is -0.891. The van der Waals surface area contributed by atoms with Gasteiger partial charge in [-0.15, -0.1) is 5.10 Å². The number of carbonyl (C=O) groups is 2. The van der Waals surface area contributed by atoms with Crippen molar-refractivity contribution in [3.05, 3.63) is 41.7 Å². The van der Waals surface area contributed by atoms with Crippen LogP contribution in [-0.4, -0.2) is 37.9 Å². The summed E-state index contributed by atoms with van der Waals surface area (Å²) < 4.78 is 1.56. The molecule has 24 heavy (non-hydrogen) atoms. The van der Waals surface area contributed by atoms with Crippen molar-refractivity contribution in [1.82, 2.24) is 20.1 Å². The monoisotopic (exact) mass is 331 g/mol. The molecule has 2 rings (SSSR count). The van der Waals surface area contributed by atoms with Crippen LogP contribution < -0.4 is 10.6 Å². The Hall–Kier alpha value is -2.90. The highest BCUT2D eigenvalue weighted by atomic mass is 16.4. The topological polar surface area (TPSA) is 109 Å². The largest absolute Gasteiger partial charge is 0.481 e. The Morgan fingerprint density at radius 2 is 2.00 bits per heavy atom. The van der Waals surface area contributed by atoms with Gasteiger partial charge in [-0.05, 0) is 25.3 Å². The molecule has 3 N–H and O–H groups in total. The fourth-order valence-corrected chi connectivity index (χ4v) is 2.26. The molecule has 0 spiro atoms. The fraction of sp³-hybridized carbons (Fsp3) is 0.375. The van der Waals surface area contributed by atoms with Crippen LogP contribution >= 0.6 is 0 Å². The molecule has 1 aromatic carbocycles. The highest BCUT2D eigenvalue weighted by Gasteiger charge is 2.16. The van der Waals surface area contributed by atoms with Gasteiger partial charge in [-0.3, -0.25) is 14.8 Å². The summed E-state index contributed by atoms with van der Waals surface area (Å²) in [6, 6.07) is 8.85. The number of nitrogens with one attached hydrogen (secondary N) is 2. The standard InChI is InChI=1S/C16H21N5O3/c1-11-17-15(20-21(11)2)19-16(24)18-13(8-9-14(22)23)10-12-6-4-3-5-7-12/h3-7,13H,8-10H2,1-2H3,(H,22,23)(H2,18,19,20,24). The Morgan fingerprint density at radius 3 is 2.58 bits per heavy atom. The number of rotatable bonds is 7. The van der Waals surface area contributed by atoms with E-state index in [9.17, 15) is 9.59 Å². The molecule has 8 heteroatoms. The van der Waals surface area contributed by atoms with Crippen LogP contribution in [0.3, 0.4) is 0 Å².